The van der Waals surface area contributed by atoms with E-state index in [4.69, 9.17) is 0 Å². The van der Waals surface area contributed by atoms with Crippen LogP contribution in [-0.4, -0.2) is 18.3 Å². The zero-order valence-electron chi connectivity index (χ0n) is 7.86. The average Bonchev–Trinajstić information content (AvgIpc) is 2.63. The molecule has 0 atom stereocenters. The van der Waals surface area contributed by atoms with E-state index in [1.165, 1.54) is 5.56 Å². The van der Waals surface area contributed by atoms with Crippen molar-refractivity contribution in [2.75, 3.05) is 6.54 Å². The highest BCUT2D eigenvalue weighted by Gasteiger charge is 2.12. The van der Waals surface area contributed by atoms with E-state index < -0.39 is 0 Å². The molecule has 1 aliphatic heterocycles. The molecule has 0 fully saturated rings. The molecular weight excluding hydrogens is 176 g/mol. The maximum atomic E-state index is 10.8. The monoisotopic (exact) mass is 188 g/mol. The molecule has 1 N–H and O–H groups in total. The van der Waals surface area contributed by atoms with Gasteiger partial charge in [-0.05, 0) is 12.0 Å². The van der Waals surface area contributed by atoms with Crippen molar-refractivity contribution in [3.8, 4) is 0 Å². The van der Waals surface area contributed by atoms with Crippen LogP contribution < -0.4 is 5.32 Å². The van der Waals surface area contributed by atoms with Crippen LogP contribution in [0.2, 0.25) is 0 Å². The second kappa shape index (κ2) is 4.05. The summed E-state index contributed by atoms with van der Waals surface area (Å²) in [4.78, 5) is 14.9. The lowest BCUT2D eigenvalue weighted by Crippen LogP contribution is -2.24. The zero-order chi connectivity index (χ0) is 9.80. The van der Waals surface area contributed by atoms with Crippen LogP contribution in [-0.2, 0) is 11.2 Å². The molecule has 3 heteroatoms. The first kappa shape index (κ1) is 8.94. The summed E-state index contributed by atoms with van der Waals surface area (Å²) in [6.45, 7) is 0.296. The summed E-state index contributed by atoms with van der Waals surface area (Å²) in [6.07, 6.45) is 1.75. The minimum Gasteiger partial charge on any atom is -0.313 e. The normalized spacial score (nSPS) is 15.1. The number of benzene rings is 1. The maximum absolute atomic E-state index is 10.8. The summed E-state index contributed by atoms with van der Waals surface area (Å²) in [6, 6.07) is 10.2. The predicted molar refractivity (Wildman–Crippen MR) is 55.2 cm³/mol. The van der Waals surface area contributed by atoms with Crippen LogP contribution >= 0.6 is 0 Å². The van der Waals surface area contributed by atoms with Gasteiger partial charge in [-0.3, -0.25) is 9.79 Å². The number of nitrogens with zero attached hydrogens (tertiary/aromatic N) is 1. The third-order valence-electron chi connectivity index (χ3n) is 2.19. The Morgan fingerprint density at radius 2 is 2.00 bits per heavy atom. The fraction of sp³-hybridized carbons (Fsp3) is 0.273. The molecule has 1 aromatic rings. The van der Waals surface area contributed by atoms with Gasteiger partial charge in [0.15, 0.2) is 0 Å². The van der Waals surface area contributed by atoms with E-state index in [1.807, 2.05) is 18.2 Å². The van der Waals surface area contributed by atoms with Gasteiger partial charge in [0.25, 0.3) is 0 Å². The lowest BCUT2D eigenvalue weighted by molar-refractivity contribution is -0.117. The standard InChI is InChI=1S/C11H12N2O/c14-11-8-12-10(13-11)7-6-9-4-2-1-3-5-9/h1-5H,6-8H2,(H,12,13,14). The van der Waals surface area contributed by atoms with Gasteiger partial charge in [0, 0.05) is 6.42 Å². The number of aliphatic imine (C=N–C) groups is 1. The van der Waals surface area contributed by atoms with Crippen LogP contribution in [0.4, 0.5) is 0 Å². The molecule has 0 aromatic heterocycles. The van der Waals surface area contributed by atoms with Crippen molar-refractivity contribution in [3.63, 3.8) is 0 Å². The molecule has 0 aliphatic carbocycles. The van der Waals surface area contributed by atoms with Crippen molar-refractivity contribution in [2.45, 2.75) is 12.8 Å². The Balaban J connectivity index is 1.86. The van der Waals surface area contributed by atoms with Crippen molar-refractivity contribution in [3.05, 3.63) is 35.9 Å². The van der Waals surface area contributed by atoms with Crippen LogP contribution in [0, 0.1) is 0 Å². The number of rotatable bonds is 3. The number of carbonyl (C=O) groups excluding carboxylic acids is 1. The van der Waals surface area contributed by atoms with Gasteiger partial charge in [0.2, 0.25) is 5.91 Å². The van der Waals surface area contributed by atoms with Crippen LogP contribution in [0.1, 0.15) is 12.0 Å². The molecule has 0 saturated carbocycles. The highest BCUT2D eigenvalue weighted by atomic mass is 16.2. The summed E-state index contributed by atoms with van der Waals surface area (Å²) >= 11 is 0. The molecule has 14 heavy (non-hydrogen) atoms. The molecule has 0 bridgehead atoms. The van der Waals surface area contributed by atoms with Gasteiger partial charge >= 0.3 is 0 Å². The molecule has 1 aliphatic rings. The van der Waals surface area contributed by atoms with Gasteiger partial charge in [0.1, 0.15) is 12.4 Å². The van der Waals surface area contributed by atoms with Crippen LogP contribution in [0.3, 0.4) is 0 Å². The van der Waals surface area contributed by atoms with Crippen LogP contribution in [0.5, 0.6) is 0 Å². The van der Waals surface area contributed by atoms with Gasteiger partial charge in [-0.25, -0.2) is 0 Å². The zero-order valence-corrected chi connectivity index (χ0v) is 7.86. The summed E-state index contributed by atoms with van der Waals surface area (Å²) in [5.74, 6) is 0.826. The summed E-state index contributed by atoms with van der Waals surface area (Å²) < 4.78 is 0. The second-order valence-corrected chi connectivity index (χ2v) is 3.30. The fourth-order valence-corrected chi connectivity index (χ4v) is 1.46. The van der Waals surface area contributed by atoms with Gasteiger partial charge in [-0.15, -0.1) is 0 Å². The number of aryl methyl sites for hydroxylation is 1. The van der Waals surface area contributed by atoms with Gasteiger partial charge < -0.3 is 5.32 Å². The van der Waals surface area contributed by atoms with E-state index in [9.17, 15) is 4.79 Å². The average molecular weight is 188 g/mol. The first-order valence-electron chi connectivity index (χ1n) is 4.72. The topological polar surface area (TPSA) is 41.5 Å². The van der Waals surface area contributed by atoms with Crippen molar-refractivity contribution in [2.24, 2.45) is 4.99 Å². The molecule has 2 rings (SSSR count). The Morgan fingerprint density at radius 1 is 1.21 bits per heavy atom. The molecule has 0 spiro atoms. The van der Waals surface area contributed by atoms with Gasteiger partial charge in [-0.1, -0.05) is 30.3 Å². The van der Waals surface area contributed by atoms with Crippen LogP contribution in [0.25, 0.3) is 0 Å². The third-order valence-corrected chi connectivity index (χ3v) is 2.19. The first-order chi connectivity index (χ1) is 6.84. The molecule has 0 saturated heterocycles. The Labute approximate surface area is 82.9 Å². The molecule has 1 amide bonds. The highest BCUT2D eigenvalue weighted by Crippen LogP contribution is 2.04. The quantitative estimate of drug-likeness (QED) is 0.759. The minimum absolute atomic E-state index is 0.00746. The van der Waals surface area contributed by atoms with Crippen LogP contribution in [0.15, 0.2) is 35.3 Å². The summed E-state index contributed by atoms with van der Waals surface area (Å²) in [5, 5.41) is 2.74. The van der Waals surface area contributed by atoms with E-state index in [-0.39, 0.29) is 5.91 Å². The number of hydrogen-bond donors (Lipinski definition) is 1. The molecular formula is C11H12N2O. The highest BCUT2D eigenvalue weighted by molar-refractivity contribution is 6.03. The van der Waals surface area contributed by atoms with Crippen molar-refractivity contribution in [1.82, 2.24) is 5.32 Å². The second-order valence-electron chi connectivity index (χ2n) is 3.30. The Bertz CT molecular complexity index is 357. The van der Waals surface area contributed by atoms with E-state index in [1.54, 1.807) is 0 Å². The van der Waals surface area contributed by atoms with Crippen molar-refractivity contribution >= 4 is 11.7 Å². The van der Waals surface area contributed by atoms with E-state index in [0.717, 1.165) is 18.7 Å². The smallest absolute Gasteiger partial charge is 0.246 e. The van der Waals surface area contributed by atoms with Gasteiger partial charge in [-0.2, -0.15) is 0 Å². The SMILES string of the molecule is O=C1CN=C(CCc2ccccc2)N1. The lowest BCUT2D eigenvalue weighted by atomic mass is 10.1. The van der Waals surface area contributed by atoms with E-state index >= 15 is 0 Å². The van der Waals surface area contributed by atoms with Crippen molar-refractivity contribution in [1.29, 1.82) is 0 Å². The Kier molecular flexibility index (Phi) is 2.58. The number of nitrogens with one attached hydrogen (secondary N) is 1. The molecule has 1 heterocycles. The predicted octanol–water partition coefficient (Wildman–Crippen LogP) is 1.15. The molecule has 72 valence electrons. The molecule has 0 radical (unpaired) electrons. The first-order valence-corrected chi connectivity index (χ1v) is 4.72. The third kappa shape index (κ3) is 2.19. The number of hydrogen-bond acceptors (Lipinski definition) is 2. The number of carbonyl (C=O) groups is 1. The molecule has 3 nitrogen and oxygen atoms in total. The Morgan fingerprint density at radius 3 is 2.64 bits per heavy atom. The largest absolute Gasteiger partial charge is 0.313 e. The molecule has 0 unspecified atom stereocenters. The summed E-state index contributed by atoms with van der Waals surface area (Å²) in [5.41, 5.74) is 1.27. The number of amides is 1. The van der Waals surface area contributed by atoms with E-state index in [2.05, 4.69) is 22.4 Å². The lowest BCUT2D eigenvalue weighted by Gasteiger charge is -2.01. The van der Waals surface area contributed by atoms with E-state index in [0.29, 0.717) is 6.54 Å². The Hall–Kier alpha value is -1.64. The fourth-order valence-electron chi connectivity index (χ4n) is 1.46. The van der Waals surface area contributed by atoms with Gasteiger partial charge in [0.05, 0.1) is 0 Å². The molecule has 1 aromatic carbocycles. The number of amidine groups is 1. The van der Waals surface area contributed by atoms with Crippen molar-refractivity contribution < 1.29 is 4.79 Å². The minimum atomic E-state index is 0.00746. The summed E-state index contributed by atoms with van der Waals surface area (Å²) in [7, 11) is 0. The maximum Gasteiger partial charge on any atom is 0.246 e.